The van der Waals surface area contributed by atoms with Crippen molar-refractivity contribution in [3.63, 3.8) is 0 Å². The maximum absolute atomic E-state index is 12.1. The highest BCUT2D eigenvalue weighted by Crippen LogP contribution is 2.23. The lowest BCUT2D eigenvalue weighted by molar-refractivity contribution is 0.0909. The summed E-state index contributed by atoms with van der Waals surface area (Å²) in [5.41, 5.74) is 6.28. The molecule has 0 atom stereocenters. The van der Waals surface area contributed by atoms with Gasteiger partial charge in [0.05, 0.1) is 16.3 Å². The van der Waals surface area contributed by atoms with Crippen molar-refractivity contribution in [1.29, 1.82) is 0 Å². The van der Waals surface area contributed by atoms with Gasteiger partial charge in [-0.2, -0.15) is 0 Å². The quantitative estimate of drug-likeness (QED) is 0.811. The number of nitrogen functional groups attached to an aromatic ring is 1. The second-order valence-corrected chi connectivity index (χ2v) is 5.17. The average molecular weight is 255 g/mol. The summed E-state index contributed by atoms with van der Waals surface area (Å²) >= 11 is 6.01. The Balaban J connectivity index is 2.87. The van der Waals surface area contributed by atoms with Crippen molar-refractivity contribution in [2.24, 2.45) is 0 Å². The zero-order chi connectivity index (χ0) is 13.1. The Morgan fingerprint density at radius 3 is 2.71 bits per heavy atom. The molecule has 0 aliphatic carbocycles. The van der Waals surface area contributed by atoms with E-state index in [1.54, 1.807) is 18.2 Å². The van der Waals surface area contributed by atoms with E-state index in [0.717, 1.165) is 12.8 Å². The van der Waals surface area contributed by atoms with Crippen LogP contribution >= 0.6 is 11.6 Å². The van der Waals surface area contributed by atoms with E-state index in [2.05, 4.69) is 12.2 Å². The van der Waals surface area contributed by atoms with Gasteiger partial charge in [0.25, 0.3) is 5.91 Å². The molecule has 17 heavy (non-hydrogen) atoms. The highest BCUT2D eigenvalue weighted by molar-refractivity contribution is 6.36. The summed E-state index contributed by atoms with van der Waals surface area (Å²) in [7, 11) is 0. The van der Waals surface area contributed by atoms with Crippen LogP contribution in [0.2, 0.25) is 5.02 Å². The Morgan fingerprint density at radius 1 is 1.47 bits per heavy atom. The van der Waals surface area contributed by atoms with Crippen LogP contribution in [0.1, 0.15) is 44.0 Å². The van der Waals surface area contributed by atoms with E-state index in [9.17, 15) is 4.79 Å². The number of hydrogen-bond acceptors (Lipinski definition) is 2. The first-order valence-electron chi connectivity index (χ1n) is 5.74. The van der Waals surface area contributed by atoms with Gasteiger partial charge in [-0.05, 0) is 32.4 Å². The first kappa shape index (κ1) is 13.8. The zero-order valence-corrected chi connectivity index (χ0v) is 11.3. The van der Waals surface area contributed by atoms with Gasteiger partial charge in [-0.1, -0.05) is 31.0 Å². The molecule has 0 aliphatic rings. The monoisotopic (exact) mass is 254 g/mol. The Kier molecular flexibility index (Phi) is 4.40. The van der Waals surface area contributed by atoms with Crippen LogP contribution < -0.4 is 11.1 Å². The van der Waals surface area contributed by atoms with E-state index in [1.807, 2.05) is 13.8 Å². The fourth-order valence-corrected chi connectivity index (χ4v) is 2.00. The third kappa shape index (κ3) is 3.63. The number of amides is 1. The van der Waals surface area contributed by atoms with Crippen LogP contribution in [0, 0.1) is 0 Å². The molecule has 94 valence electrons. The number of rotatable bonds is 4. The smallest absolute Gasteiger partial charge is 0.253 e. The molecule has 1 aromatic rings. The van der Waals surface area contributed by atoms with E-state index in [0.29, 0.717) is 16.3 Å². The maximum atomic E-state index is 12.1. The molecule has 3 N–H and O–H groups in total. The molecule has 0 bridgehead atoms. The lowest BCUT2D eigenvalue weighted by Crippen LogP contribution is -2.43. The number of nitrogens with two attached hydrogens (primary N) is 1. The largest absolute Gasteiger partial charge is 0.398 e. The summed E-state index contributed by atoms with van der Waals surface area (Å²) in [4.78, 5) is 12.1. The summed E-state index contributed by atoms with van der Waals surface area (Å²) in [6, 6.07) is 5.08. The molecule has 1 amide bonds. The Labute approximate surface area is 107 Å². The van der Waals surface area contributed by atoms with Gasteiger partial charge in [-0.3, -0.25) is 4.79 Å². The number of halogens is 1. The van der Waals surface area contributed by atoms with Crippen molar-refractivity contribution in [1.82, 2.24) is 5.32 Å². The SMILES string of the molecule is CCCC(C)(C)NC(=O)c1cccc(N)c1Cl. The van der Waals surface area contributed by atoms with Crippen molar-refractivity contribution in [3.05, 3.63) is 28.8 Å². The van der Waals surface area contributed by atoms with E-state index in [-0.39, 0.29) is 11.4 Å². The van der Waals surface area contributed by atoms with Crippen LogP contribution in [0.4, 0.5) is 5.69 Å². The molecule has 0 aromatic heterocycles. The third-order valence-corrected chi connectivity index (χ3v) is 3.02. The summed E-state index contributed by atoms with van der Waals surface area (Å²) in [5, 5.41) is 3.28. The van der Waals surface area contributed by atoms with Gasteiger partial charge >= 0.3 is 0 Å². The number of hydrogen-bond donors (Lipinski definition) is 2. The molecule has 1 rings (SSSR count). The zero-order valence-electron chi connectivity index (χ0n) is 10.5. The first-order valence-corrected chi connectivity index (χ1v) is 6.11. The summed E-state index contributed by atoms with van der Waals surface area (Å²) in [5.74, 6) is -0.180. The van der Waals surface area contributed by atoms with E-state index in [1.165, 1.54) is 0 Å². The molecule has 1 aromatic carbocycles. The number of carbonyl (C=O) groups is 1. The molecule has 0 fully saturated rings. The van der Waals surface area contributed by atoms with Gasteiger partial charge in [-0.15, -0.1) is 0 Å². The fraction of sp³-hybridized carbons (Fsp3) is 0.462. The maximum Gasteiger partial charge on any atom is 0.253 e. The van der Waals surface area contributed by atoms with Crippen molar-refractivity contribution < 1.29 is 4.79 Å². The molecule has 3 nitrogen and oxygen atoms in total. The second kappa shape index (κ2) is 5.41. The van der Waals surface area contributed by atoms with Crippen molar-refractivity contribution in [2.45, 2.75) is 39.2 Å². The highest BCUT2D eigenvalue weighted by Gasteiger charge is 2.21. The highest BCUT2D eigenvalue weighted by atomic mass is 35.5. The molecular weight excluding hydrogens is 236 g/mol. The first-order chi connectivity index (χ1) is 7.87. The van der Waals surface area contributed by atoms with E-state index >= 15 is 0 Å². The summed E-state index contributed by atoms with van der Waals surface area (Å²) in [6.45, 7) is 6.07. The van der Waals surface area contributed by atoms with Crippen LogP contribution in [-0.2, 0) is 0 Å². The molecule has 0 spiro atoms. The van der Waals surface area contributed by atoms with Gasteiger partial charge in [-0.25, -0.2) is 0 Å². The summed E-state index contributed by atoms with van der Waals surface area (Å²) in [6.07, 6.45) is 1.93. The van der Waals surface area contributed by atoms with Crippen LogP contribution in [-0.4, -0.2) is 11.4 Å². The number of carbonyl (C=O) groups excluding carboxylic acids is 1. The molecule has 0 unspecified atom stereocenters. The van der Waals surface area contributed by atoms with E-state index < -0.39 is 0 Å². The molecule has 0 saturated heterocycles. The summed E-state index contributed by atoms with van der Waals surface area (Å²) < 4.78 is 0. The van der Waals surface area contributed by atoms with Gasteiger partial charge in [0, 0.05) is 5.54 Å². The van der Waals surface area contributed by atoms with Crippen molar-refractivity contribution in [2.75, 3.05) is 5.73 Å². The number of nitrogens with one attached hydrogen (secondary N) is 1. The average Bonchev–Trinajstić information content (AvgIpc) is 2.21. The Bertz CT molecular complexity index is 416. The van der Waals surface area contributed by atoms with Gasteiger partial charge in [0.1, 0.15) is 0 Å². The molecule has 0 saturated carbocycles. The van der Waals surface area contributed by atoms with Crippen LogP contribution in [0.3, 0.4) is 0 Å². The molecular formula is C13H19ClN2O. The lowest BCUT2D eigenvalue weighted by atomic mass is 9.98. The fourth-order valence-electron chi connectivity index (χ4n) is 1.79. The minimum atomic E-state index is -0.236. The second-order valence-electron chi connectivity index (χ2n) is 4.80. The number of benzene rings is 1. The third-order valence-electron chi connectivity index (χ3n) is 2.60. The Hall–Kier alpha value is -1.22. The van der Waals surface area contributed by atoms with E-state index in [4.69, 9.17) is 17.3 Å². The predicted octanol–water partition coefficient (Wildman–Crippen LogP) is 3.23. The normalized spacial score (nSPS) is 11.3. The van der Waals surface area contributed by atoms with Crippen LogP contribution in [0.5, 0.6) is 0 Å². The lowest BCUT2D eigenvalue weighted by Gasteiger charge is -2.26. The van der Waals surface area contributed by atoms with Crippen molar-refractivity contribution in [3.8, 4) is 0 Å². The van der Waals surface area contributed by atoms with Crippen LogP contribution in [0.25, 0.3) is 0 Å². The standard InChI is InChI=1S/C13H19ClN2O/c1-4-8-13(2,3)16-12(17)9-6-5-7-10(15)11(9)14/h5-7H,4,8,15H2,1-3H3,(H,16,17). The van der Waals surface area contributed by atoms with Gasteiger partial charge in [0.15, 0.2) is 0 Å². The molecule has 0 radical (unpaired) electrons. The minimum Gasteiger partial charge on any atom is -0.398 e. The Morgan fingerprint density at radius 2 is 2.12 bits per heavy atom. The number of anilines is 1. The molecule has 0 aliphatic heterocycles. The minimum absolute atomic E-state index is 0.180. The molecule has 4 heteroatoms. The van der Waals surface area contributed by atoms with Crippen LogP contribution in [0.15, 0.2) is 18.2 Å². The van der Waals surface area contributed by atoms with Crippen molar-refractivity contribution >= 4 is 23.2 Å². The topological polar surface area (TPSA) is 55.1 Å². The predicted molar refractivity (Wildman–Crippen MR) is 72.3 cm³/mol. The van der Waals surface area contributed by atoms with Gasteiger partial charge in [0.2, 0.25) is 0 Å². The molecule has 0 heterocycles. The van der Waals surface area contributed by atoms with Gasteiger partial charge < -0.3 is 11.1 Å².